The summed E-state index contributed by atoms with van der Waals surface area (Å²) in [5, 5.41) is 12.1. The summed E-state index contributed by atoms with van der Waals surface area (Å²) in [7, 11) is 1.71. The lowest BCUT2D eigenvalue weighted by atomic mass is 9.89. The van der Waals surface area contributed by atoms with Crippen LogP contribution in [0.1, 0.15) is 24.0 Å². The van der Waals surface area contributed by atoms with Crippen molar-refractivity contribution in [2.24, 2.45) is 0 Å². The van der Waals surface area contributed by atoms with Crippen molar-refractivity contribution >= 4 is 0 Å². The Morgan fingerprint density at radius 2 is 2.24 bits per heavy atom. The van der Waals surface area contributed by atoms with Crippen molar-refractivity contribution in [2.75, 3.05) is 7.11 Å². The molecular formula is C13H15FN2O. The molecule has 0 radical (unpaired) electrons. The van der Waals surface area contributed by atoms with Crippen LogP contribution in [0, 0.1) is 17.1 Å². The standard InChI is InChI=1S/C13H15FN2O/c1-17-13-5-12(6-13)16-8-10-2-9(7-15)3-11(14)4-10/h2-4,12-13,16H,5-6,8H2,1H3. The number of hydrogen-bond donors (Lipinski definition) is 1. The Labute approximate surface area is 100 Å². The van der Waals surface area contributed by atoms with E-state index < -0.39 is 0 Å². The Bertz CT molecular complexity index is 436. The quantitative estimate of drug-likeness (QED) is 0.866. The van der Waals surface area contributed by atoms with Gasteiger partial charge in [-0.2, -0.15) is 5.26 Å². The first-order chi connectivity index (χ1) is 8.21. The minimum Gasteiger partial charge on any atom is -0.381 e. The first kappa shape index (κ1) is 12.0. The highest BCUT2D eigenvalue weighted by Gasteiger charge is 2.28. The van der Waals surface area contributed by atoms with Crippen molar-refractivity contribution < 1.29 is 9.13 Å². The van der Waals surface area contributed by atoms with Gasteiger partial charge in [0.2, 0.25) is 0 Å². The largest absolute Gasteiger partial charge is 0.381 e. The molecule has 1 saturated carbocycles. The van der Waals surface area contributed by atoms with Crippen LogP contribution in [0.25, 0.3) is 0 Å². The molecule has 0 atom stereocenters. The molecule has 0 aromatic heterocycles. The highest BCUT2D eigenvalue weighted by Crippen LogP contribution is 2.22. The van der Waals surface area contributed by atoms with Crippen molar-refractivity contribution in [1.29, 1.82) is 5.26 Å². The summed E-state index contributed by atoms with van der Waals surface area (Å²) >= 11 is 0. The van der Waals surface area contributed by atoms with Crippen molar-refractivity contribution in [1.82, 2.24) is 5.32 Å². The summed E-state index contributed by atoms with van der Waals surface area (Å²) in [6.45, 7) is 0.591. The summed E-state index contributed by atoms with van der Waals surface area (Å²) in [4.78, 5) is 0. The number of methoxy groups -OCH3 is 1. The van der Waals surface area contributed by atoms with Gasteiger partial charge in [0.05, 0.1) is 17.7 Å². The predicted octanol–water partition coefficient (Wildman–Crippen LogP) is 1.96. The van der Waals surface area contributed by atoms with Gasteiger partial charge in [-0.15, -0.1) is 0 Å². The molecule has 0 saturated heterocycles. The molecule has 17 heavy (non-hydrogen) atoms. The molecule has 1 N–H and O–H groups in total. The molecule has 1 aromatic rings. The van der Waals surface area contributed by atoms with Crippen LogP contribution in [0.5, 0.6) is 0 Å². The van der Waals surface area contributed by atoms with Crippen LogP contribution in [0.4, 0.5) is 4.39 Å². The molecule has 4 heteroatoms. The van der Waals surface area contributed by atoms with E-state index in [-0.39, 0.29) is 5.82 Å². The second-order valence-corrected chi connectivity index (χ2v) is 4.37. The number of nitrogens with one attached hydrogen (secondary N) is 1. The third kappa shape index (κ3) is 3.02. The zero-order valence-corrected chi connectivity index (χ0v) is 9.74. The molecule has 0 amide bonds. The van der Waals surface area contributed by atoms with Crippen molar-refractivity contribution in [3.8, 4) is 6.07 Å². The van der Waals surface area contributed by atoms with Gasteiger partial charge in [-0.1, -0.05) is 0 Å². The van der Waals surface area contributed by atoms with E-state index in [2.05, 4.69) is 5.32 Å². The van der Waals surface area contributed by atoms with Gasteiger partial charge in [-0.3, -0.25) is 0 Å². The number of halogens is 1. The molecule has 1 aliphatic rings. The molecule has 90 valence electrons. The molecule has 2 rings (SSSR count). The Hall–Kier alpha value is -1.44. The Morgan fingerprint density at radius 3 is 2.88 bits per heavy atom. The third-order valence-corrected chi connectivity index (χ3v) is 3.11. The van der Waals surface area contributed by atoms with Crippen LogP contribution in [-0.4, -0.2) is 19.3 Å². The van der Waals surface area contributed by atoms with Crippen LogP contribution in [0.3, 0.4) is 0 Å². The Kier molecular flexibility index (Phi) is 3.72. The molecule has 0 unspecified atom stereocenters. The fraction of sp³-hybridized carbons (Fsp3) is 0.462. The minimum atomic E-state index is -0.357. The minimum absolute atomic E-state index is 0.356. The third-order valence-electron chi connectivity index (χ3n) is 3.11. The highest BCUT2D eigenvalue weighted by atomic mass is 19.1. The maximum absolute atomic E-state index is 13.2. The monoisotopic (exact) mass is 234 g/mol. The Balaban J connectivity index is 1.87. The maximum atomic E-state index is 13.2. The van der Waals surface area contributed by atoms with E-state index in [1.807, 2.05) is 6.07 Å². The second kappa shape index (κ2) is 5.26. The molecule has 0 bridgehead atoms. The van der Waals surface area contributed by atoms with Gasteiger partial charge < -0.3 is 10.1 Å². The number of rotatable bonds is 4. The van der Waals surface area contributed by atoms with Crippen LogP contribution in [0.15, 0.2) is 18.2 Å². The summed E-state index contributed by atoms with van der Waals surface area (Å²) in [6.07, 6.45) is 2.35. The van der Waals surface area contributed by atoms with Gasteiger partial charge in [0, 0.05) is 19.7 Å². The summed E-state index contributed by atoms with van der Waals surface area (Å²) in [5.74, 6) is -0.357. The van der Waals surface area contributed by atoms with Gasteiger partial charge >= 0.3 is 0 Å². The van der Waals surface area contributed by atoms with E-state index in [4.69, 9.17) is 10.00 Å². The first-order valence-corrected chi connectivity index (χ1v) is 5.67. The molecule has 0 heterocycles. The van der Waals surface area contributed by atoms with Crippen LogP contribution >= 0.6 is 0 Å². The smallest absolute Gasteiger partial charge is 0.124 e. The lowest BCUT2D eigenvalue weighted by Gasteiger charge is -2.34. The van der Waals surface area contributed by atoms with E-state index in [9.17, 15) is 4.39 Å². The van der Waals surface area contributed by atoms with E-state index >= 15 is 0 Å². The summed E-state index contributed by atoms with van der Waals surface area (Å²) in [5.41, 5.74) is 1.17. The molecule has 1 aromatic carbocycles. The average Bonchev–Trinajstić information content (AvgIpc) is 2.26. The highest BCUT2D eigenvalue weighted by molar-refractivity contribution is 5.33. The van der Waals surface area contributed by atoms with Gasteiger partial charge in [-0.05, 0) is 36.6 Å². The Morgan fingerprint density at radius 1 is 1.47 bits per heavy atom. The van der Waals surface area contributed by atoms with Gasteiger partial charge in [-0.25, -0.2) is 4.39 Å². The van der Waals surface area contributed by atoms with Crippen molar-refractivity contribution in [2.45, 2.75) is 31.5 Å². The number of hydrogen-bond acceptors (Lipinski definition) is 3. The molecule has 1 aliphatic carbocycles. The average molecular weight is 234 g/mol. The molecule has 3 nitrogen and oxygen atoms in total. The fourth-order valence-electron chi connectivity index (χ4n) is 2.00. The van der Waals surface area contributed by atoms with Crippen LogP contribution in [0.2, 0.25) is 0 Å². The predicted molar refractivity (Wildman–Crippen MR) is 61.8 cm³/mol. The lowest BCUT2D eigenvalue weighted by Crippen LogP contribution is -2.44. The zero-order chi connectivity index (χ0) is 12.3. The van der Waals surface area contributed by atoms with Crippen LogP contribution < -0.4 is 5.32 Å². The van der Waals surface area contributed by atoms with E-state index in [0.717, 1.165) is 18.4 Å². The topological polar surface area (TPSA) is 45.0 Å². The van der Waals surface area contributed by atoms with Gasteiger partial charge in [0.15, 0.2) is 0 Å². The normalized spacial score (nSPS) is 22.9. The maximum Gasteiger partial charge on any atom is 0.124 e. The number of nitrogens with zero attached hydrogens (tertiary/aromatic N) is 1. The van der Waals surface area contributed by atoms with Gasteiger partial charge in [0.25, 0.3) is 0 Å². The SMILES string of the molecule is COC1CC(NCc2cc(F)cc(C#N)c2)C1. The fourth-order valence-corrected chi connectivity index (χ4v) is 2.00. The zero-order valence-electron chi connectivity index (χ0n) is 9.74. The molecule has 0 spiro atoms. The number of benzene rings is 1. The number of ether oxygens (including phenoxy) is 1. The second-order valence-electron chi connectivity index (χ2n) is 4.37. The van der Waals surface area contributed by atoms with E-state index in [0.29, 0.717) is 24.3 Å². The summed E-state index contributed by atoms with van der Waals surface area (Å²) in [6, 6.07) is 6.80. The lowest BCUT2D eigenvalue weighted by molar-refractivity contribution is 0.0170. The van der Waals surface area contributed by atoms with E-state index in [1.165, 1.54) is 12.1 Å². The molecular weight excluding hydrogens is 219 g/mol. The molecule has 0 aliphatic heterocycles. The van der Waals surface area contributed by atoms with E-state index in [1.54, 1.807) is 13.2 Å². The van der Waals surface area contributed by atoms with Crippen molar-refractivity contribution in [3.63, 3.8) is 0 Å². The molecule has 1 fully saturated rings. The number of nitriles is 1. The summed E-state index contributed by atoms with van der Waals surface area (Å²) < 4.78 is 18.3. The first-order valence-electron chi connectivity index (χ1n) is 5.67. The van der Waals surface area contributed by atoms with Crippen molar-refractivity contribution in [3.05, 3.63) is 35.1 Å². The van der Waals surface area contributed by atoms with Gasteiger partial charge in [0.1, 0.15) is 5.82 Å². The van der Waals surface area contributed by atoms with Crippen LogP contribution in [-0.2, 0) is 11.3 Å².